The summed E-state index contributed by atoms with van der Waals surface area (Å²) in [6, 6.07) is 6.66. The van der Waals surface area contributed by atoms with E-state index in [4.69, 9.17) is 0 Å². The smallest absolute Gasteiger partial charge is 0.0762 e. The van der Waals surface area contributed by atoms with Crippen LogP contribution in [-0.2, 0) is 13.1 Å². The minimum absolute atomic E-state index is 0.522. The summed E-state index contributed by atoms with van der Waals surface area (Å²) in [4.78, 5) is 4.01. The Kier molecular flexibility index (Phi) is 5.10. The average molecular weight is 258 g/mol. The van der Waals surface area contributed by atoms with Gasteiger partial charge in [-0.05, 0) is 36.6 Å². The molecule has 102 valence electrons. The van der Waals surface area contributed by atoms with Crippen molar-refractivity contribution in [2.45, 2.75) is 45.8 Å². The summed E-state index contributed by atoms with van der Waals surface area (Å²) in [6.45, 7) is 6.06. The molecule has 0 bridgehead atoms. The summed E-state index contributed by atoms with van der Waals surface area (Å²) in [6.07, 6.45) is 7.98. The molecule has 0 aliphatic rings. The quantitative estimate of drug-likeness (QED) is 0.830. The van der Waals surface area contributed by atoms with Gasteiger partial charge in [0.05, 0.1) is 11.7 Å². The van der Waals surface area contributed by atoms with Gasteiger partial charge in [0.25, 0.3) is 0 Å². The average Bonchev–Trinajstić information content (AvgIpc) is 2.90. The lowest BCUT2D eigenvalue weighted by Gasteiger charge is -2.12. The van der Waals surface area contributed by atoms with Crippen LogP contribution in [0.15, 0.2) is 36.8 Å². The number of hydrogen-bond acceptors (Lipinski definition) is 3. The lowest BCUT2D eigenvalue weighted by molar-refractivity contribution is 0.424. The highest BCUT2D eigenvalue weighted by molar-refractivity contribution is 5.09. The van der Waals surface area contributed by atoms with Crippen LogP contribution in [0.25, 0.3) is 0 Å². The molecule has 4 heteroatoms. The van der Waals surface area contributed by atoms with Crippen molar-refractivity contribution in [1.29, 1.82) is 0 Å². The van der Waals surface area contributed by atoms with E-state index in [-0.39, 0.29) is 0 Å². The van der Waals surface area contributed by atoms with Gasteiger partial charge in [-0.15, -0.1) is 0 Å². The maximum Gasteiger partial charge on any atom is 0.0762 e. The van der Waals surface area contributed by atoms with Gasteiger partial charge in [0, 0.05) is 31.7 Å². The van der Waals surface area contributed by atoms with Crippen molar-refractivity contribution in [1.82, 2.24) is 20.1 Å². The maximum absolute atomic E-state index is 4.63. The second kappa shape index (κ2) is 7.04. The Balaban J connectivity index is 1.83. The van der Waals surface area contributed by atoms with Crippen LogP contribution in [0.1, 0.15) is 44.0 Å². The van der Waals surface area contributed by atoms with Gasteiger partial charge < -0.3 is 5.32 Å². The van der Waals surface area contributed by atoms with Crippen molar-refractivity contribution in [2.75, 3.05) is 0 Å². The molecule has 4 nitrogen and oxygen atoms in total. The van der Waals surface area contributed by atoms with Gasteiger partial charge in [0.15, 0.2) is 0 Å². The molecule has 2 aromatic rings. The van der Waals surface area contributed by atoms with Crippen LogP contribution < -0.4 is 5.32 Å². The Hall–Kier alpha value is -1.68. The van der Waals surface area contributed by atoms with Crippen LogP contribution in [0.2, 0.25) is 0 Å². The van der Waals surface area contributed by atoms with E-state index in [1.807, 2.05) is 24.5 Å². The summed E-state index contributed by atoms with van der Waals surface area (Å²) in [5, 5.41) is 8.03. The molecule has 0 spiro atoms. The first-order chi connectivity index (χ1) is 9.33. The predicted molar refractivity (Wildman–Crippen MR) is 76.6 cm³/mol. The second-order valence-corrected chi connectivity index (χ2v) is 4.72. The minimum Gasteiger partial charge on any atom is -0.307 e. The molecule has 2 rings (SSSR count). The fourth-order valence-electron chi connectivity index (χ4n) is 2.17. The van der Waals surface area contributed by atoms with E-state index >= 15 is 0 Å². The van der Waals surface area contributed by atoms with E-state index in [1.54, 1.807) is 0 Å². The van der Waals surface area contributed by atoms with Gasteiger partial charge in [-0.3, -0.25) is 9.67 Å². The molecule has 0 aromatic carbocycles. The third kappa shape index (κ3) is 3.89. The molecule has 0 atom stereocenters. The van der Waals surface area contributed by atoms with Gasteiger partial charge in [-0.25, -0.2) is 0 Å². The maximum atomic E-state index is 4.63. The molecule has 0 aliphatic heterocycles. The van der Waals surface area contributed by atoms with Gasteiger partial charge in [0.2, 0.25) is 0 Å². The van der Waals surface area contributed by atoms with Crippen LogP contribution in [0.4, 0.5) is 0 Å². The van der Waals surface area contributed by atoms with Crippen molar-refractivity contribution in [3.63, 3.8) is 0 Å². The van der Waals surface area contributed by atoms with Crippen molar-refractivity contribution in [3.8, 4) is 0 Å². The van der Waals surface area contributed by atoms with Crippen LogP contribution in [0.3, 0.4) is 0 Å². The van der Waals surface area contributed by atoms with Gasteiger partial charge >= 0.3 is 0 Å². The summed E-state index contributed by atoms with van der Waals surface area (Å²) < 4.78 is 2.09. The molecule has 2 heterocycles. The highest BCUT2D eigenvalue weighted by Gasteiger charge is 2.07. The summed E-state index contributed by atoms with van der Waals surface area (Å²) in [5.41, 5.74) is 2.34. The number of nitrogens with zero attached hydrogens (tertiary/aromatic N) is 3. The van der Waals surface area contributed by atoms with Crippen LogP contribution >= 0.6 is 0 Å². The topological polar surface area (TPSA) is 42.7 Å². The molecule has 0 radical (unpaired) electrons. The number of pyridine rings is 1. The summed E-state index contributed by atoms with van der Waals surface area (Å²) >= 11 is 0. The molecule has 0 aliphatic carbocycles. The van der Waals surface area contributed by atoms with E-state index in [1.165, 1.54) is 5.56 Å². The molecule has 0 saturated carbocycles. The zero-order valence-corrected chi connectivity index (χ0v) is 11.7. The third-order valence-electron chi connectivity index (χ3n) is 3.36. The Morgan fingerprint density at radius 2 is 1.84 bits per heavy atom. The SMILES string of the molecule is CCC(CC)n1ccc(CNCc2ccncc2)n1. The van der Waals surface area contributed by atoms with Crippen molar-refractivity contribution < 1.29 is 0 Å². The standard InChI is InChI=1S/C15H22N4/c1-3-15(4-2)19-10-7-14(18-19)12-17-11-13-5-8-16-9-6-13/h5-10,15,17H,3-4,11-12H2,1-2H3. The second-order valence-electron chi connectivity index (χ2n) is 4.72. The first kappa shape index (κ1) is 13.7. The number of aromatic nitrogens is 3. The largest absolute Gasteiger partial charge is 0.307 e. The molecule has 0 unspecified atom stereocenters. The molecule has 2 aromatic heterocycles. The lowest BCUT2D eigenvalue weighted by Crippen LogP contribution is -2.14. The lowest BCUT2D eigenvalue weighted by atomic mass is 10.2. The summed E-state index contributed by atoms with van der Waals surface area (Å²) in [5.74, 6) is 0. The fourth-order valence-corrected chi connectivity index (χ4v) is 2.17. The Morgan fingerprint density at radius 3 is 2.53 bits per heavy atom. The van der Waals surface area contributed by atoms with E-state index in [9.17, 15) is 0 Å². The zero-order valence-electron chi connectivity index (χ0n) is 11.7. The molecule has 0 fully saturated rings. The van der Waals surface area contributed by atoms with Crippen molar-refractivity contribution >= 4 is 0 Å². The Labute approximate surface area is 114 Å². The van der Waals surface area contributed by atoms with Gasteiger partial charge in [-0.1, -0.05) is 13.8 Å². The van der Waals surface area contributed by atoms with Crippen LogP contribution in [0, 0.1) is 0 Å². The van der Waals surface area contributed by atoms with E-state index in [2.05, 4.69) is 46.2 Å². The minimum atomic E-state index is 0.522. The van der Waals surface area contributed by atoms with Gasteiger partial charge in [-0.2, -0.15) is 5.10 Å². The fraction of sp³-hybridized carbons (Fsp3) is 0.467. The van der Waals surface area contributed by atoms with Crippen LogP contribution in [0.5, 0.6) is 0 Å². The highest BCUT2D eigenvalue weighted by Crippen LogP contribution is 2.14. The predicted octanol–water partition coefficient (Wildman–Crippen LogP) is 2.93. The number of nitrogens with one attached hydrogen (secondary N) is 1. The zero-order chi connectivity index (χ0) is 13.5. The van der Waals surface area contributed by atoms with E-state index in [0.717, 1.165) is 31.6 Å². The highest BCUT2D eigenvalue weighted by atomic mass is 15.3. The van der Waals surface area contributed by atoms with Crippen molar-refractivity contribution in [2.24, 2.45) is 0 Å². The van der Waals surface area contributed by atoms with E-state index < -0.39 is 0 Å². The Bertz CT molecular complexity index is 474. The van der Waals surface area contributed by atoms with E-state index in [0.29, 0.717) is 6.04 Å². The third-order valence-corrected chi connectivity index (χ3v) is 3.36. The molecular formula is C15H22N4. The molecule has 0 amide bonds. The monoisotopic (exact) mass is 258 g/mol. The molecular weight excluding hydrogens is 236 g/mol. The first-order valence-corrected chi connectivity index (χ1v) is 6.97. The van der Waals surface area contributed by atoms with Gasteiger partial charge in [0.1, 0.15) is 0 Å². The normalized spacial score (nSPS) is 11.1. The van der Waals surface area contributed by atoms with Crippen LogP contribution in [-0.4, -0.2) is 14.8 Å². The number of rotatable bonds is 7. The molecule has 1 N–H and O–H groups in total. The summed E-state index contributed by atoms with van der Waals surface area (Å²) in [7, 11) is 0. The molecule has 19 heavy (non-hydrogen) atoms. The molecule has 0 saturated heterocycles. The number of hydrogen-bond donors (Lipinski definition) is 1. The Morgan fingerprint density at radius 1 is 1.11 bits per heavy atom. The first-order valence-electron chi connectivity index (χ1n) is 6.97. The van der Waals surface area contributed by atoms with Crippen molar-refractivity contribution in [3.05, 3.63) is 48.0 Å².